The number of nitrogens with two attached hydrogens (primary N) is 1. The van der Waals surface area contributed by atoms with Crippen LogP contribution in [0.3, 0.4) is 0 Å². The van der Waals surface area contributed by atoms with E-state index in [9.17, 15) is 4.79 Å². The van der Waals surface area contributed by atoms with Crippen molar-refractivity contribution in [3.8, 4) is 5.69 Å². The zero-order chi connectivity index (χ0) is 16.9. The van der Waals surface area contributed by atoms with E-state index in [1.165, 1.54) is 10.8 Å². The van der Waals surface area contributed by atoms with E-state index in [4.69, 9.17) is 17.3 Å². The van der Waals surface area contributed by atoms with Crippen LogP contribution >= 0.6 is 11.6 Å². The lowest BCUT2D eigenvalue weighted by Gasteiger charge is -2.00. The van der Waals surface area contributed by atoms with E-state index in [2.05, 4.69) is 15.4 Å². The first-order valence-electron chi connectivity index (χ1n) is 7.15. The maximum Gasteiger partial charge on any atom is 0.251 e. The lowest BCUT2D eigenvalue weighted by Crippen LogP contribution is -2.09. The zero-order valence-corrected chi connectivity index (χ0v) is 13.3. The molecule has 2 aromatic carbocycles. The molecule has 24 heavy (non-hydrogen) atoms. The zero-order valence-electron chi connectivity index (χ0n) is 12.6. The molecule has 0 saturated carbocycles. The van der Waals surface area contributed by atoms with Crippen molar-refractivity contribution in [2.24, 2.45) is 0 Å². The SMILES string of the molecule is Nc1nc(NC(=O)C=Cc2ccccc2Cl)nn1-c1ccccc1. The van der Waals surface area contributed by atoms with E-state index < -0.39 is 0 Å². The molecule has 6 nitrogen and oxygen atoms in total. The third kappa shape index (κ3) is 3.61. The highest BCUT2D eigenvalue weighted by atomic mass is 35.5. The summed E-state index contributed by atoms with van der Waals surface area (Å²) in [6, 6.07) is 16.5. The number of benzene rings is 2. The van der Waals surface area contributed by atoms with Crippen LogP contribution in [-0.2, 0) is 4.79 Å². The summed E-state index contributed by atoms with van der Waals surface area (Å²) in [6.07, 6.45) is 2.98. The van der Waals surface area contributed by atoms with Crippen LogP contribution in [0.5, 0.6) is 0 Å². The van der Waals surface area contributed by atoms with Gasteiger partial charge >= 0.3 is 0 Å². The standard InChI is InChI=1S/C17H14ClN5O/c18-14-9-5-4-6-12(14)10-11-15(24)20-17-21-16(19)23(22-17)13-7-2-1-3-8-13/h1-11H,(H3,19,20,21,22,24). The Bertz CT molecular complexity index is 889. The Balaban J connectivity index is 1.73. The monoisotopic (exact) mass is 339 g/mol. The van der Waals surface area contributed by atoms with Crippen LogP contribution in [0, 0.1) is 0 Å². The van der Waals surface area contributed by atoms with Gasteiger partial charge in [0.15, 0.2) is 0 Å². The van der Waals surface area contributed by atoms with Crippen molar-refractivity contribution in [1.29, 1.82) is 0 Å². The van der Waals surface area contributed by atoms with E-state index in [-0.39, 0.29) is 17.8 Å². The minimum Gasteiger partial charge on any atom is -0.368 e. The molecule has 0 aliphatic carbocycles. The second kappa shape index (κ2) is 6.97. The highest BCUT2D eigenvalue weighted by Gasteiger charge is 2.10. The minimum absolute atomic E-state index is 0.130. The van der Waals surface area contributed by atoms with Crippen molar-refractivity contribution in [2.75, 3.05) is 11.1 Å². The van der Waals surface area contributed by atoms with E-state index in [0.717, 1.165) is 11.3 Å². The first-order chi connectivity index (χ1) is 11.6. The van der Waals surface area contributed by atoms with Crippen LogP contribution in [0.1, 0.15) is 5.56 Å². The fourth-order valence-electron chi connectivity index (χ4n) is 2.06. The van der Waals surface area contributed by atoms with Gasteiger partial charge in [-0.3, -0.25) is 10.1 Å². The molecular formula is C17H14ClN5O. The van der Waals surface area contributed by atoms with Gasteiger partial charge in [-0.1, -0.05) is 48.0 Å². The van der Waals surface area contributed by atoms with Gasteiger partial charge in [-0.05, 0) is 29.8 Å². The van der Waals surface area contributed by atoms with Gasteiger partial charge < -0.3 is 5.73 Å². The Kier molecular flexibility index (Phi) is 4.58. The van der Waals surface area contributed by atoms with Gasteiger partial charge in [0.2, 0.25) is 5.95 Å². The summed E-state index contributed by atoms with van der Waals surface area (Å²) in [5.74, 6) is -0.0584. The Morgan fingerprint density at radius 2 is 1.83 bits per heavy atom. The number of para-hydroxylation sites is 1. The fraction of sp³-hybridized carbons (Fsp3) is 0. The first-order valence-corrected chi connectivity index (χ1v) is 7.53. The van der Waals surface area contributed by atoms with Gasteiger partial charge in [-0.15, -0.1) is 5.10 Å². The van der Waals surface area contributed by atoms with Gasteiger partial charge in [-0.2, -0.15) is 9.67 Å². The van der Waals surface area contributed by atoms with Crippen molar-refractivity contribution >= 4 is 35.5 Å². The molecule has 7 heteroatoms. The lowest BCUT2D eigenvalue weighted by molar-refractivity contribution is -0.111. The molecule has 3 N–H and O–H groups in total. The third-order valence-electron chi connectivity index (χ3n) is 3.19. The highest BCUT2D eigenvalue weighted by Crippen LogP contribution is 2.16. The Morgan fingerprint density at radius 3 is 2.58 bits per heavy atom. The van der Waals surface area contributed by atoms with Crippen molar-refractivity contribution < 1.29 is 4.79 Å². The number of rotatable bonds is 4. The maximum absolute atomic E-state index is 12.0. The van der Waals surface area contributed by atoms with E-state index in [1.54, 1.807) is 12.1 Å². The predicted molar refractivity (Wildman–Crippen MR) is 94.9 cm³/mol. The largest absolute Gasteiger partial charge is 0.368 e. The summed E-state index contributed by atoms with van der Waals surface area (Å²) < 4.78 is 1.45. The molecule has 0 saturated heterocycles. The molecule has 0 bridgehead atoms. The van der Waals surface area contributed by atoms with Crippen LogP contribution in [-0.4, -0.2) is 20.7 Å². The average Bonchev–Trinajstić information content (AvgIpc) is 2.95. The van der Waals surface area contributed by atoms with Crippen molar-refractivity contribution in [2.45, 2.75) is 0 Å². The number of anilines is 2. The number of carbonyl (C=O) groups excluding carboxylic acids is 1. The van der Waals surface area contributed by atoms with E-state index >= 15 is 0 Å². The van der Waals surface area contributed by atoms with Crippen LogP contribution in [0.2, 0.25) is 5.02 Å². The molecule has 0 unspecified atom stereocenters. The summed E-state index contributed by atoms with van der Waals surface area (Å²) in [6.45, 7) is 0. The van der Waals surface area contributed by atoms with Crippen molar-refractivity contribution in [3.05, 3.63) is 71.3 Å². The number of hydrogen-bond acceptors (Lipinski definition) is 4. The van der Waals surface area contributed by atoms with Gasteiger partial charge in [0.25, 0.3) is 11.9 Å². The molecule has 0 aliphatic heterocycles. The van der Waals surface area contributed by atoms with Gasteiger partial charge in [0.05, 0.1) is 5.69 Å². The number of hydrogen-bond donors (Lipinski definition) is 2. The van der Waals surface area contributed by atoms with Gasteiger partial charge in [-0.25, -0.2) is 0 Å². The van der Waals surface area contributed by atoms with Crippen LogP contribution < -0.4 is 11.1 Å². The second-order valence-electron chi connectivity index (χ2n) is 4.89. The molecule has 0 atom stereocenters. The summed E-state index contributed by atoms with van der Waals surface area (Å²) in [4.78, 5) is 16.0. The molecule has 0 radical (unpaired) electrons. The average molecular weight is 340 g/mol. The lowest BCUT2D eigenvalue weighted by atomic mass is 10.2. The van der Waals surface area contributed by atoms with Crippen LogP contribution in [0.15, 0.2) is 60.7 Å². The maximum atomic E-state index is 12.0. The Morgan fingerprint density at radius 1 is 1.12 bits per heavy atom. The number of nitrogens with zero attached hydrogens (tertiary/aromatic N) is 3. The number of nitrogens with one attached hydrogen (secondary N) is 1. The third-order valence-corrected chi connectivity index (χ3v) is 3.53. The molecule has 0 spiro atoms. The number of aromatic nitrogens is 3. The quantitative estimate of drug-likeness (QED) is 0.715. The predicted octanol–water partition coefficient (Wildman–Crippen LogP) is 3.15. The molecule has 0 aliphatic rings. The van der Waals surface area contributed by atoms with Crippen LogP contribution in [0.4, 0.5) is 11.9 Å². The Labute approximate surface area is 143 Å². The molecule has 0 fully saturated rings. The fourth-order valence-corrected chi connectivity index (χ4v) is 2.26. The number of amides is 1. The topological polar surface area (TPSA) is 85.8 Å². The van der Waals surface area contributed by atoms with Gasteiger partial charge in [0.1, 0.15) is 0 Å². The summed E-state index contributed by atoms with van der Waals surface area (Å²) in [5.41, 5.74) is 7.34. The van der Waals surface area contributed by atoms with E-state index in [0.29, 0.717) is 5.02 Å². The minimum atomic E-state index is -0.375. The van der Waals surface area contributed by atoms with Crippen molar-refractivity contribution in [3.63, 3.8) is 0 Å². The summed E-state index contributed by atoms with van der Waals surface area (Å²) in [7, 11) is 0. The molecule has 3 rings (SSSR count). The molecular weight excluding hydrogens is 326 g/mol. The number of carbonyl (C=O) groups is 1. The number of nitrogen functional groups attached to an aromatic ring is 1. The van der Waals surface area contributed by atoms with Crippen molar-refractivity contribution in [1.82, 2.24) is 14.8 Å². The molecule has 1 amide bonds. The van der Waals surface area contributed by atoms with Crippen LogP contribution in [0.25, 0.3) is 11.8 Å². The van der Waals surface area contributed by atoms with Gasteiger partial charge in [0, 0.05) is 11.1 Å². The number of halogens is 1. The smallest absolute Gasteiger partial charge is 0.251 e. The summed E-state index contributed by atoms with van der Waals surface area (Å²) >= 11 is 6.03. The summed E-state index contributed by atoms with van der Waals surface area (Å²) in [5, 5.41) is 7.32. The van der Waals surface area contributed by atoms with E-state index in [1.807, 2.05) is 48.5 Å². The normalized spacial score (nSPS) is 10.9. The highest BCUT2D eigenvalue weighted by molar-refractivity contribution is 6.32. The second-order valence-corrected chi connectivity index (χ2v) is 5.29. The molecule has 120 valence electrons. The Hall–Kier alpha value is -3.12. The molecule has 1 aromatic heterocycles. The first kappa shape index (κ1) is 15.8. The molecule has 3 aromatic rings. The molecule has 1 heterocycles.